The summed E-state index contributed by atoms with van der Waals surface area (Å²) in [5.74, 6) is 1.14. The molecule has 7 heteroatoms. The number of aryl methyl sites for hydroxylation is 2. The van der Waals surface area contributed by atoms with Gasteiger partial charge in [-0.3, -0.25) is 4.79 Å². The Balaban J connectivity index is 1.99. The molecule has 7 nitrogen and oxygen atoms in total. The average molecular weight is 261 g/mol. The van der Waals surface area contributed by atoms with Crippen LogP contribution < -0.4 is 0 Å². The Hall–Kier alpha value is -2.02. The first-order chi connectivity index (χ1) is 9.16. The fourth-order valence-electron chi connectivity index (χ4n) is 2.19. The molecule has 0 spiro atoms. The second-order valence-corrected chi connectivity index (χ2v) is 4.53. The van der Waals surface area contributed by atoms with Crippen LogP contribution >= 0.6 is 0 Å². The molecule has 0 unspecified atom stereocenters. The number of rotatable bonds is 1. The molecule has 0 radical (unpaired) electrons. The Morgan fingerprint density at radius 2 is 2.05 bits per heavy atom. The second-order valence-electron chi connectivity index (χ2n) is 4.53. The fourth-order valence-corrected chi connectivity index (χ4v) is 2.19. The summed E-state index contributed by atoms with van der Waals surface area (Å²) in [6.45, 7) is 6.07. The predicted octanol–water partition coefficient (Wildman–Crippen LogP) is 0.214. The van der Waals surface area contributed by atoms with Crippen molar-refractivity contribution < 1.29 is 9.53 Å². The number of amides is 1. The summed E-state index contributed by atoms with van der Waals surface area (Å²) in [5.41, 5.74) is 1.33. The fraction of sp³-hybridized carbons (Fsp3) is 0.500. The smallest absolute Gasteiger partial charge is 0.257 e. The molecule has 1 aliphatic heterocycles. The Labute approximate surface area is 110 Å². The number of ether oxygens (including phenoxy) is 1. The molecule has 1 fully saturated rings. The zero-order valence-electron chi connectivity index (χ0n) is 11.0. The third-order valence-corrected chi connectivity index (χ3v) is 3.24. The Bertz CT molecular complexity index is 630. The van der Waals surface area contributed by atoms with Crippen molar-refractivity contribution >= 4 is 11.7 Å². The molecule has 19 heavy (non-hydrogen) atoms. The first-order valence-electron chi connectivity index (χ1n) is 6.23. The van der Waals surface area contributed by atoms with Gasteiger partial charge < -0.3 is 9.64 Å². The zero-order valence-corrected chi connectivity index (χ0v) is 11.0. The lowest BCUT2D eigenvalue weighted by molar-refractivity contribution is 0.0301. The van der Waals surface area contributed by atoms with E-state index in [1.165, 1.54) is 0 Å². The summed E-state index contributed by atoms with van der Waals surface area (Å²) in [6, 6.07) is 0. The molecule has 0 N–H and O–H groups in total. The van der Waals surface area contributed by atoms with Gasteiger partial charge in [-0.1, -0.05) is 0 Å². The summed E-state index contributed by atoms with van der Waals surface area (Å²) in [5, 5.41) is 4.25. The Kier molecular flexibility index (Phi) is 2.90. The Morgan fingerprint density at radius 3 is 2.79 bits per heavy atom. The van der Waals surface area contributed by atoms with Crippen molar-refractivity contribution in [2.24, 2.45) is 0 Å². The molecule has 0 saturated carbocycles. The molecule has 0 aliphatic carbocycles. The first-order valence-corrected chi connectivity index (χ1v) is 6.23. The summed E-state index contributed by atoms with van der Waals surface area (Å²) >= 11 is 0. The van der Waals surface area contributed by atoms with Gasteiger partial charge in [-0.15, -0.1) is 0 Å². The van der Waals surface area contributed by atoms with Crippen LogP contribution in [-0.2, 0) is 4.74 Å². The van der Waals surface area contributed by atoms with E-state index in [4.69, 9.17) is 4.74 Å². The number of hydrogen-bond donors (Lipinski definition) is 0. The highest BCUT2D eigenvalue weighted by atomic mass is 16.5. The summed E-state index contributed by atoms with van der Waals surface area (Å²) in [4.78, 5) is 22.6. The van der Waals surface area contributed by atoms with Gasteiger partial charge in [0.25, 0.3) is 11.7 Å². The summed E-state index contributed by atoms with van der Waals surface area (Å²) in [7, 11) is 0. The van der Waals surface area contributed by atoms with Crippen molar-refractivity contribution in [2.75, 3.05) is 26.3 Å². The molecule has 1 aliphatic rings. The van der Waals surface area contributed by atoms with Gasteiger partial charge in [0.1, 0.15) is 5.82 Å². The van der Waals surface area contributed by atoms with Crippen molar-refractivity contribution in [3.8, 4) is 0 Å². The van der Waals surface area contributed by atoms with Crippen LogP contribution in [-0.4, -0.2) is 56.7 Å². The molecule has 1 amide bonds. The van der Waals surface area contributed by atoms with Crippen LogP contribution in [0.1, 0.15) is 21.9 Å². The topological polar surface area (TPSA) is 72.6 Å². The van der Waals surface area contributed by atoms with Gasteiger partial charge in [0.05, 0.1) is 24.5 Å². The van der Waals surface area contributed by atoms with Crippen molar-refractivity contribution in [3.05, 3.63) is 23.3 Å². The highest BCUT2D eigenvalue weighted by Gasteiger charge is 2.22. The van der Waals surface area contributed by atoms with E-state index in [1.54, 1.807) is 22.5 Å². The number of fused-ring (bicyclic) bond motifs is 1. The number of carbonyl (C=O) groups is 1. The van der Waals surface area contributed by atoms with Crippen molar-refractivity contribution in [3.63, 3.8) is 0 Å². The highest BCUT2D eigenvalue weighted by Crippen LogP contribution is 2.12. The van der Waals surface area contributed by atoms with Gasteiger partial charge in [0.15, 0.2) is 0 Å². The normalized spacial score (nSPS) is 16.0. The van der Waals surface area contributed by atoms with Crippen LogP contribution in [0.4, 0.5) is 0 Å². The molecule has 2 aromatic rings. The van der Waals surface area contributed by atoms with E-state index < -0.39 is 0 Å². The van der Waals surface area contributed by atoms with E-state index in [1.807, 2.05) is 6.92 Å². The van der Waals surface area contributed by atoms with E-state index in [-0.39, 0.29) is 5.91 Å². The van der Waals surface area contributed by atoms with Gasteiger partial charge in [-0.25, -0.2) is 9.50 Å². The van der Waals surface area contributed by atoms with Gasteiger partial charge >= 0.3 is 0 Å². The highest BCUT2D eigenvalue weighted by molar-refractivity contribution is 5.95. The third-order valence-electron chi connectivity index (χ3n) is 3.24. The summed E-state index contributed by atoms with van der Waals surface area (Å²) < 4.78 is 6.87. The first kappa shape index (κ1) is 12.0. The van der Waals surface area contributed by atoms with Gasteiger partial charge in [0.2, 0.25) is 0 Å². The molecular formula is C12H15N5O2. The standard InChI is InChI=1S/C12H15N5O2/c1-8-10(11(18)16-3-5-19-6-4-16)7-13-12-14-9(2)15-17(8)12/h7H,3-6H2,1-2H3. The lowest BCUT2D eigenvalue weighted by Crippen LogP contribution is -2.41. The van der Waals surface area contributed by atoms with Gasteiger partial charge in [-0.2, -0.15) is 10.1 Å². The molecule has 0 aromatic carbocycles. The zero-order chi connectivity index (χ0) is 13.4. The lowest BCUT2D eigenvalue weighted by Gasteiger charge is -2.27. The molecule has 3 heterocycles. The van der Waals surface area contributed by atoms with Crippen LogP contribution in [0.2, 0.25) is 0 Å². The van der Waals surface area contributed by atoms with E-state index in [2.05, 4.69) is 15.1 Å². The Morgan fingerprint density at radius 1 is 1.32 bits per heavy atom. The maximum absolute atomic E-state index is 12.4. The maximum Gasteiger partial charge on any atom is 0.257 e. The van der Waals surface area contributed by atoms with Crippen molar-refractivity contribution in [1.29, 1.82) is 0 Å². The molecule has 0 bridgehead atoms. The van der Waals surface area contributed by atoms with E-state index in [0.717, 1.165) is 5.69 Å². The van der Waals surface area contributed by atoms with Crippen LogP contribution in [0.3, 0.4) is 0 Å². The molecule has 1 saturated heterocycles. The van der Waals surface area contributed by atoms with Crippen LogP contribution in [0.25, 0.3) is 5.78 Å². The summed E-state index contributed by atoms with van der Waals surface area (Å²) in [6.07, 6.45) is 1.58. The van der Waals surface area contributed by atoms with Gasteiger partial charge in [-0.05, 0) is 13.8 Å². The maximum atomic E-state index is 12.4. The predicted molar refractivity (Wildman–Crippen MR) is 67.0 cm³/mol. The minimum atomic E-state index is -0.0247. The third kappa shape index (κ3) is 2.06. The molecule has 3 rings (SSSR count). The van der Waals surface area contributed by atoms with Crippen molar-refractivity contribution in [2.45, 2.75) is 13.8 Å². The van der Waals surface area contributed by atoms with Crippen LogP contribution in [0.15, 0.2) is 6.20 Å². The minimum Gasteiger partial charge on any atom is -0.378 e. The van der Waals surface area contributed by atoms with Crippen molar-refractivity contribution in [1.82, 2.24) is 24.5 Å². The SMILES string of the molecule is Cc1nc2ncc(C(=O)N3CCOCC3)c(C)n2n1. The average Bonchev–Trinajstić information content (AvgIpc) is 2.81. The largest absolute Gasteiger partial charge is 0.378 e. The number of morpholine rings is 1. The van der Waals surface area contributed by atoms with Crippen LogP contribution in [0.5, 0.6) is 0 Å². The molecule has 100 valence electrons. The minimum absolute atomic E-state index is 0.0247. The monoisotopic (exact) mass is 261 g/mol. The molecule has 2 aromatic heterocycles. The number of carbonyl (C=O) groups excluding carboxylic acids is 1. The van der Waals surface area contributed by atoms with E-state index in [0.29, 0.717) is 43.5 Å². The lowest BCUT2D eigenvalue weighted by atomic mass is 10.2. The number of aromatic nitrogens is 4. The number of hydrogen-bond acceptors (Lipinski definition) is 5. The second kappa shape index (κ2) is 4.58. The quantitative estimate of drug-likeness (QED) is 0.734. The molecular weight excluding hydrogens is 246 g/mol. The number of nitrogens with zero attached hydrogens (tertiary/aromatic N) is 5. The van der Waals surface area contributed by atoms with Crippen LogP contribution in [0, 0.1) is 13.8 Å². The molecule has 0 atom stereocenters. The van der Waals surface area contributed by atoms with E-state index in [9.17, 15) is 4.79 Å². The van der Waals surface area contributed by atoms with E-state index >= 15 is 0 Å². The van der Waals surface area contributed by atoms with Gasteiger partial charge in [0, 0.05) is 19.3 Å².